The Hall–Kier alpha value is -1.61. The zero-order valence-corrected chi connectivity index (χ0v) is 15.9. The van der Waals surface area contributed by atoms with Crippen LogP contribution in [0.25, 0.3) is 0 Å². The van der Waals surface area contributed by atoms with Gasteiger partial charge in [0.2, 0.25) is 15.9 Å². The summed E-state index contributed by atoms with van der Waals surface area (Å²) in [5, 5.41) is 0. The van der Waals surface area contributed by atoms with Crippen molar-refractivity contribution in [1.29, 1.82) is 0 Å². The van der Waals surface area contributed by atoms with E-state index in [0.717, 1.165) is 6.42 Å². The Labute approximate surface area is 157 Å². The second kappa shape index (κ2) is 7.43. The molecule has 3 rings (SSSR count). The predicted octanol–water partition coefficient (Wildman–Crippen LogP) is 3.52. The fourth-order valence-corrected chi connectivity index (χ4v) is 5.41. The number of rotatable bonds is 4. The van der Waals surface area contributed by atoms with Crippen LogP contribution in [-0.4, -0.2) is 33.1 Å². The van der Waals surface area contributed by atoms with Crippen LogP contribution >= 0.6 is 0 Å². The van der Waals surface area contributed by atoms with Gasteiger partial charge in [-0.15, -0.1) is 0 Å². The molecular formula is C18H23F3N2O3S. The number of amides is 1. The molecule has 0 radical (unpaired) electrons. The highest BCUT2D eigenvalue weighted by Gasteiger charge is 2.43. The first-order valence-electron chi connectivity index (χ1n) is 9.08. The van der Waals surface area contributed by atoms with Crippen molar-refractivity contribution in [2.24, 2.45) is 5.92 Å². The quantitative estimate of drug-likeness (QED) is 0.835. The molecule has 1 heterocycles. The van der Waals surface area contributed by atoms with Crippen LogP contribution in [-0.2, 0) is 14.8 Å². The molecule has 1 aromatic rings. The largest absolute Gasteiger partial charge is 0.391 e. The van der Waals surface area contributed by atoms with Crippen LogP contribution in [0.2, 0.25) is 0 Å². The van der Waals surface area contributed by atoms with E-state index in [0.29, 0.717) is 37.1 Å². The highest BCUT2D eigenvalue weighted by Crippen LogP contribution is 2.38. The summed E-state index contributed by atoms with van der Waals surface area (Å²) < 4.78 is 66.7. The van der Waals surface area contributed by atoms with Gasteiger partial charge in [-0.25, -0.2) is 13.1 Å². The topological polar surface area (TPSA) is 66.5 Å². The van der Waals surface area contributed by atoms with Gasteiger partial charge in [-0.3, -0.25) is 4.79 Å². The lowest BCUT2D eigenvalue weighted by Gasteiger charge is -2.31. The summed E-state index contributed by atoms with van der Waals surface area (Å²) in [6.45, 7) is 2.22. The molecule has 5 nitrogen and oxygen atoms in total. The number of hydrogen-bond donors (Lipinski definition) is 1. The average molecular weight is 404 g/mol. The third-order valence-corrected chi connectivity index (χ3v) is 6.97. The number of anilines is 1. The molecule has 1 N–H and O–H groups in total. The van der Waals surface area contributed by atoms with Gasteiger partial charge in [0, 0.05) is 24.7 Å². The highest BCUT2D eigenvalue weighted by atomic mass is 32.2. The summed E-state index contributed by atoms with van der Waals surface area (Å²) in [6.07, 6.45) is -2.52. The number of nitrogens with one attached hydrogen (secondary N) is 1. The molecule has 0 aromatic heterocycles. The molecule has 2 atom stereocenters. The molecule has 1 saturated heterocycles. The predicted molar refractivity (Wildman–Crippen MR) is 94.9 cm³/mol. The third kappa shape index (κ3) is 4.45. The number of alkyl halides is 3. The smallest absolute Gasteiger partial charge is 0.312 e. The fourth-order valence-electron chi connectivity index (χ4n) is 3.90. The van der Waals surface area contributed by atoms with Gasteiger partial charge in [-0.2, -0.15) is 13.2 Å². The monoisotopic (exact) mass is 404 g/mol. The molecule has 0 bridgehead atoms. The van der Waals surface area contributed by atoms with Crippen molar-refractivity contribution in [3.8, 4) is 0 Å². The van der Waals surface area contributed by atoms with Crippen LogP contribution in [0.3, 0.4) is 0 Å². The van der Waals surface area contributed by atoms with Crippen LogP contribution in [0.1, 0.15) is 44.1 Å². The van der Waals surface area contributed by atoms with Crippen molar-refractivity contribution < 1.29 is 26.4 Å². The molecule has 1 aliphatic carbocycles. The van der Waals surface area contributed by atoms with Gasteiger partial charge < -0.3 is 4.90 Å². The fraction of sp³-hybridized carbons (Fsp3) is 0.611. The summed E-state index contributed by atoms with van der Waals surface area (Å²) in [6, 6.07) is 3.90. The van der Waals surface area contributed by atoms with Gasteiger partial charge >= 0.3 is 6.18 Å². The molecule has 1 amide bonds. The van der Waals surface area contributed by atoms with Crippen molar-refractivity contribution in [2.45, 2.75) is 62.6 Å². The van der Waals surface area contributed by atoms with Crippen molar-refractivity contribution in [3.05, 3.63) is 23.8 Å². The lowest BCUT2D eigenvalue weighted by Crippen LogP contribution is -2.41. The zero-order chi connectivity index (χ0) is 19.8. The van der Waals surface area contributed by atoms with Crippen LogP contribution in [0.15, 0.2) is 23.1 Å². The molecule has 1 aliphatic heterocycles. The number of carbonyl (C=O) groups excluding carboxylic acids is 1. The van der Waals surface area contributed by atoms with Gasteiger partial charge in [0.1, 0.15) is 0 Å². The molecule has 1 saturated carbocycles. The first kappa shape index (κ1) is 20.1. The molecule has 9 heteroatoms. The van der Waals surface area contributed by atoms with Crippen molar-refractivity contribution >= 4 is 21.6 Å². The number of carbonyl (C=O) groups is 1. The van der Waals surface area contributed by atoms with Gasteiger partial charge in [0.05, 0.1) is 10.8 Å². The maximum absolute atomic E-state index is 12.9. The van der Waals surface area contributed by atoms with Crippen molar-refractivity contribution in [2.75, 3.05) is 11.4 Å². The number of aryl methyl sites for hydroxylation is 1. The summed E-state index contributed by atoms with van der Waals surface area (Å²) in [5.41, 5.74) is 1.10. The normalized spacial score (nSPS) is 24.4. The Bertz CT molecular complexity index is 824. The Morgan fingerprint density at radius 2 is 1.93 bits per heavy atom. The number of sulfonamides is 1. The van der Waals surface area contributed by atoms with E-state index in [1.807, 2.05) is 0 Å². The summed E-state index contributed by atoms with van der Waals surface area (Å²) in [7, 11) is -3.93. The van der Waals surface area contributed by atoms with E-state index in [4.69, 9.17) is 0 Å². The Balaban J connectivity index is 1.76. The van der Waals surface area contributed by atoms with Gasteiger partial charge in [0.25, 0.3) is 0 Å². The molecule has 150 valence electrons. The van der Waals surface area contributed by atoms with E-state index >= 15 is 0 Å². The Morgan fingerprint density at radius 3 is 2.52 bits per heavy atom. The average Bonchev–Trinajstić information content (AvgIpc) is 2.99. The first-order chi connectivity index (χ1) is 12.6. The maximum Gasteiger partial charge on any atom is 0.391 e. The van der Waals surface area contributed by atoms with Crippen molar-refractivity contribution in [3.63, 3.8) is 0 Å². The minimum absolute atomic E-state index is 0.00327. The molecular weight excluding hydrogens is 381 g/mol. The van der Waals surface area contributed by atoms with Crippen LogP contribution in [0, 0.1) is 12.8 Å². The standard InChI is InChI=1S/C18H23F3N2O3S/c1-12-10-15(23-9-3-6-17(23)24)7-8-16(12)27(25,26)22-14-5-2-4-13(11-14)18(19,20)21/h7-8,10,13-14,22H,2-6,9,11H2,1H3. The molecule has 1 aromatic carbocycles. The van der Waals surface area contributed by atoms with E-state index in [-0.39, 0.29) is 23.6 Å². The third-order valence-electron chi connectivity index (χ3n) is 5.29. The highest BCUT2D eigenvalue weighted by molar-refractivity contribution is 7.89. The van der Waals surface area contributed by atoms with E-state index in [2.05, 4.69) is 4.72 Å². The number of benzene rings is 1. The van der Waals surface area contributed by atoms with Crippen LogP contribution in [0.4, 0.5) is 18.9 Å². The summed E-state index contributed by atoms with van der Waals surface area (Å²) >= 11 is 0. The summed E-state index contributed by atoms with van der Waals surface area (Å²) in [5.74, 6) is -1.47. The Morgan fingerprint density at radius 1 is 1.19 bits per heavy atom. The van der Waals surface area contributed by atoms with E-state index in [1.54, 1.807) is 24.0 Å². The van der Waals surface area contributed by atoms with Crippen LogP contribution < -0.4 is 9.62 Å². The lowest BCUT2D eigenvalue weighted by atomic mass is 9.86. The second-order valence-corrected chi connectivity index (χ2v) is 9.00. The zero-order valence-electron chi connectivity index (χ0n) is 15.1. The molecule has 2 fully saturated rings. The number of hydrogen-bond acceptors (Lipinski definition) is 3. The van der Waals surface area contributed by atoms with Gasteiger partial charge in [0.15, 0.2) is 0 Å². The maximum atomic E-state index is 12.9. The Kier molecular flexibility index (Phi) is 5.54. The molecule has 2 aliphatic rings. The van der Waals surface area contributed by atoms with E-state index < -0.39 is 28.2 Å². The SMILES string of the molecule is Cc1cc(N2CCCC2=O)ccc1S(=O)(=O)NC1CCCC(C(F)(F)F)C1. The first-order valence-corrected chi connectivity index (χ1v) is 10.6. The summed E-state index contributed by atoms with van der Waals surface area (Å²) in [4.78, 5) is 13.5. The van der Waals surface area contributed by atoms with Gasteiger partial charge in [-0.1, -0.05) is 6.42 Å². The van der Waals surface area contributed by atoms with Crippen LogP contribution in [0.5, 0.6) is 0 Å². The molecule has 2 unspecified atom stereocenters. The minimum Gasteiger partial charge on any atom is -0.312 e. The van der Waals surface area contributed by atoms with E-state index in [1.165, 1.54) is 6.07 Å². The number of halogens is 3. The van der Waals surface area contributed by atoms with Crippen molar-refractivity contribution in [1.82, 2.24) is 4.72 Å². The lowest BCUT2D eigenvalue weighted by molar-refractivity contribution is -0.183. The number of nitrogens with zero attached hydrogens (tertiary/aromatic N) is 1. The van der Waals surface area contributed by atoms with Gasteiger partial charge in [-0.05, 0) is 56.4 Å². The minimum atomic E-state index is -4.30. The molecule has 27 heavy (non-hydrogen) atoms. The van der Waals surface area contributed by atoms with E-state index in [9.17, 15) is 26.4 Å². The second-order valence-electron chi connectivity index (χ2n) is 7.32. The molecule has 0 spiro atoms.